The Labute approximate surface area is 195 Å². The molecule has 0 bridgehead atoms. The molecular formula is C24H25F2N5O3. The summed E-state index contributed by atoms with van der Waals surface area (Å²) in [7, 11) is 0. The number of anilines is 1. The van der Waals surface area contributed by atoms with Crippen molar-refractivity contribution in [3.8, 4) is 0 Å². The first-order valence-corrected chi connectivity index (χ1v) is 11.0. The molecule has 10 heteroatoms. The number of pyridine rings is 1. The van der Waals surface area contributed by atoms with Gasteiger partial charge in [-0.2, -0.15) is 0 Å². The van der Waals surface area contributed by atoms with E-state index in [-0.39, 0.29) is 30.5 Å². The Bertz CT molecular complexity index is 1120. The smallest absolute Gasteiger partial charge is 0.287 e. The third-order valence-corrected chi connectivity index (χ3v) is 5.74. The minimum absolute atomic E-state index is 0.00114. The molecule has 0 spiro atoms. The molecule has 4 rings (SSSR count). The first-order chi connectivity index (χ1) is 16.4. The topological polar surface area (TPSA) is 110 Å². The minimum Gasteiger partial charge on any atom is -0.426 e. The van der Waals surface area contributed by atoms with E-state index in [0.29, 0.717) is 24.5 Å². The molecule has 2 aliphatic heterocycles. The predicted octanol–water partition coefficient (Wildman–Crippen LogP) is 2.85. The van der Waals surface area contributed by atoms with Gasteiger partial charge in [-0.1, -0.05) is 6.92 Å². The van der Waals surface area contributed by atoms with Crippen molar-refractivity contribution in [2.75, 3.05) is 18.0 Å². The number of nitrogens with two attached hydrogens (primary N) is 1. The van der Waals surface area contributed by atoms with Crippen molar-refractivity contribution in [1.82, 2.24) is 10.3 Å². The summed E-state index contributed by atoms with van der Waals surface area (Å²) in [5, 5.41) is 2.13. The number of rotatable bonds is 6. The number of aromatic nitrogens is 1. The molecule has 0 aliphatic carbocycles. The standard InChI is InChI=1S/C24H25F2N5O3/c1-2-4-20(14-5-3-8-28-11-14)34-24(27)29-15-12-31(13-15)16-9-18(25)22(19(26)10-16)17-6-7-21(32)30-23(17)33/h3-5,8-11,15,17H,2,6-7,12-13H2,1H3,(H2,27,29)(H,30,32,33)/b20-4+. The van der Waals surface area contributed by atoms with E-state index in [4.69, 9.17) is 10.5 Å². The third-order valence-electron chi connectivity index (χ3n) is 5.74. The lowest BCUT2D eigenvalue weighted by atomic mass is 9.89. The van der Waals surface area contributed by atoms with E-state index in [9.17, 15) is 18.4 Å². The van der Waals surface area contributed by atoms with Crippen LogP contribution in [0.15, 0.2) is 47.7 Å². The van der Waals surface area contributed by atoms with Gasteiger partial charge in [0.1, 0.15) is 17.4 Å². The number of benzene rings is 1. The second-order valence-corrected chi connectivity index (χ2v) is 8.17. The van der Waals surface area contributed by atoms with Gasteiger partial charge in [0.2, 0.25) is 11.8 Å². The van der Waals surface area contributed by atoms with Gasteiger partial charge in [-0.15, -0.1) is 0 Å². The highest BCUT2D eigenvalue weighted by atomic mass is 19.1. The number of nitrogens with zero attached hydrogens (tertiary/aromatic N) is 3. The molecule has 1 unspecified atom stereocenters. The summed E-state index contributed by atoms with van der Waals surface area (Å²) in [6.07, 6.45) is 6.06. The molecule has 8 nitrogen and oxygen atoms in total. The zero-order valence-electron chi connectivity index (χ0n) is 18.6. The quantitative estimate of drug-likeness (QED) is 0.291. The number of hydrogen-bond acceptors (Lipinski definition) is 6. The molecule has 34 heavy (non-hydrogen) atoms. The zero-order valence-corrected chi connectivity index (χ0v) is 18.6. The fourth-order valence-corrected chi connectivity index (χ4v) is 4.03. The molecule has 2 aromatic rings. The molecule has 3 heterocycles. The van der Waals surface area contributed by atoms with Crippen LogP contribution in [0.4, 0.5) is 14.5 Å². The van der Waals surface area contributed by atoms with E-state index in [1.165, 1.54) is 12.1 Å². The third kappa shape index (κ3) is 5.05. The van der Waals surface area contributed by atoms with Crippen molar-refractivity contribution in [3.05, 3.63) is 65.5 Å². The summed E-state index contributed by atoms with van der Waals surface area (Å²) < 4.78 is 35.2. The lowest BCUT2D eigenvalue weighted by molar-refractivity contribution is -0.134. The molecule has 2 fully saturated rings. The highest BCUT2D eigenvalue weighted by molar-refractivity contribution is 6.01. The first-order valence-electron chi connectivity index (χ1n) is 11.0. The number of imide groups is 1. The second-order valence-electron chi connectivity index (χ2n) is 8.17. The van der Waals surface area contributed by atoms with Crippen LogP contribution in [0.25, 0.3) is 5.76 Å². The van der Waals surface area contributed by atoms with Gasteiger partial charge in [0.15, 0.2) is 0 Å². The van der Waals surface area contributed by atoms with Crippen molar-refractivity contribution in [1.29, 1.82) is 0 Å². The van der Waals surface area contributed by atoms with Gasteiger partial charge in [0.25, 0.3) is 6.02 Å². The Hall–Kier alpha value is -3.82. The number of aliphatic imine (C=N–C) groups is 1. The average molecular weight is 469 g/mol. The van der Waals surface area contributed by atoms with Crippen LogP contribution < -0.4 is 16.0 Å². The second kappa shape index (κ2) is 9.98. The van der Waals surface area contributed by atoms with E-state index < -0.39 is 29.4 Å². The highest BCUT2D eigenvalue weighted by Crippen LogP contribution is 2.33. The molecule has 0 radical (unpaired) electrons. The maximum atomic E-state index is 14.8. The molecule has 3 N–H and O–H groups in total. The normalized spacial score (nSPS) is 19.6. The van der Waals surface area contributed by atoms with E-state index >= 15 is 0 Å². The van der Waals surface area contributed by atoms with E-state index in [2.05, 4.69) is 15.3 Å². The molecule has 2 aliphatic rings. The average Bonchev–Trinajstić information content (AvgIpc) is 2.77. The maximum absolute atomic E-state index is 14.8. The van der Waals surface area contributed by atoms with Crippen LogP contribution in [-0.4, -0.2) is 42.0 Å². The van der Waals surface area contributed by atoms with Crippen molar-refractivity contribution in [2.24, 2.45) is 10.7 Å². The largest absolute Gasteiger partial charge is 0.426 e. The number of carbonyl (C=O) groups excluding carboxylic acids is 2. The van der Waals surface area contributed by atoms with Crippen LogP contribution in [0, 0.1) is 11.6 Å². The summed E-state index contributed by atoms with van der Waals surface area (Å²) >= 11 is 0. The van der Waals surface area contributed by atoms with Gasteiger partial charge in [-0.05, 0) is 43.2 Å². The first kappa shape index (κ1) is 23.3. The Morgan fingerprint density at radius 1 is 1.32 bits per heavy atom. The molecular weight excluding hydrogens is 444 g/mol. The van der Waals surface area contributed by atoms with Crippen LogP contribution in [0.5, 0.6) is 0 Å². The van der Waals surface area contributed by atoms with Crippen LogP contribution in [0.1, 0.15) is 43.2 Å². The van der Waals surface area contributed by atoms with E-state index in [0.717, 1.165) is 12.0 Å². The minimum atomic E-state index is -1.03. The fraction of sp³-hybridized carbons (Fsp3) is 0.333. The molecule has 178 valence electrons. The number of ether oxygens (including phenoxy) is 1. The molecule has 2 amide bonds. The van der Waals surface area contributed by atoms with Crippen LogP contribution >= 0.6 is 0 Å². The number of piperidine rings is 1. The maximum Gasteiger partial charge on any atom is 0.287 e. The molecule has 1 atom stereocenters. The monoisotopic (exact) mass is 469 g/mol. The Kier molecular flexibility index (Phi) is 6.85. The Morgan fingerprint density at radius 3 is 2.68 bits per heavy atom. The summed E-state index contributed by atoms with van der Waals surface area (Å²) in [5.74, 6) is -3.22. The van der Waals surface area contributed by atoms with E-state index in [1.54, 1.807) is 23.4 Å². The van der Waals surface area contributed by atoms with Gasteiger partial charge in [-0.3, -0.25) is 19.9 Å². The number of hydrogen-bond donors (Lipinski definition) is 2. The lowest BCUT2D eigenvalue weighted by Gasteiger charge is -2.39. The van der Waals surface area contributed by atoms with Gasteiger partial charge in [0.05, 0.1) is 12.0 Å². The number of amidine groups is 1. The van der Waals surface area contributed by atoms with Gasteiger partial charge in [0, 0.05) is 48.7 Å². The van der Waals surface area contributed by atoms with Gasteiger partial charge < -0.3 is 15.4 Å². The van der Waals surface area contributed by atoms with Gasteiger partial charge >= 0.3 is 0 Å². The SMILES string of the molecule is CC/C=C(/OC(N)=NC1CN(c2cc(F)c(C3CCC(=O)NC3=O)c(F)c2)C1)c1cccnc1. The number of allylic oxidation sites excluding steroid dienone is 1. The van der Waals surface area contributed by atoms with Crippen molar-refractivity contribution in [2.45, 2.75) is 38.1 Å². The van der Waals surface area contributed by atoms with Crippen molar-refractivity contribution in [3.63, 3.8) is 0 Å². The summed E-state index contributed by atoms with van der Waals surface area (Å²) in [6, 6.07) is 5.85. The van der Waals surface area contributed by atoms with Gasteiger partial charge in [-0.25, -0.2) is 13.8 Å². The fourth-order valence-electron chi connectivity index (χ4n) is 4.03. The summed E-state index contributed by atoms with van der Waals surface area (Å²) in [4.78, 5) is 33.5. The van der Waals surface area contributed by atoms with Crippen LogP contribution in [0.3, 0.4) is 0 Å². The number of amides is 2. The molecule has 1 aromatic carbocycles. The lowest BCUT2D eigenvalue weighted by Crippen LogP contribution is -2.51. The zero-order chi connectivity index (χ0) is 24.2. The highest BCUT2D eigenvalue weighted by Gasteiger charge is 2.34. The van der Waals surface area contributed by atoms with Crippen LogP contribution in [-0.2, 0) is 14.3 Å². The Morgan fingerprint density at radius 2 is 2.06 bits per heavy atom. The molecule has 1 aromatic heterocycles. The Balaban J connectivity index is 1.40. The summed E-state index contributed by atoms with van der Waals surface area (Å²) in [5.41, 5.74) is 6.79. The predicted molar refractivity (Wildman–Crippen MR) is 123 cm³/mol. The van der Waals surface area contributed by atoms with Crippen molar-refractivity contribution >= 4 is 29.3 Å². The van der Waals surface area contributed by atoms with Crippen molar-refractivity contribution < 1.29 is 23.1 Å². The van der Waals surface area contributed by atoms with E-state index in [1.807, 2.05) is 19.1 Å². The number of nitrogens with one attached hydrogen (secondary N) is 1. The number of halogens is 2. The summed E-state index contributed by atoms with van der Waals surface area (Å²) in [6.45, 7) is 2.78. The van der Waals surface area contributed by atoms with Crippen LogP contribution in [0.2, 0.25) is 0 Å². The molecule has 2 saturated heterocycles. The molecule has 0 saturated carbocycles. The number of carbonyl (C=O) groups is 2.